The van der Waals surface area contributed by atoms with Crippen LogP contribution in [-0.2, 0) is 19.1 Å². The fourth-order valence-electron chi connectivity index (χ4n) is 1.14. The number of rotatable bonds is 9. The average Bonchev–Trinajstić information content (AvgIpc) is 2.24. The van der Waals surface area contributed by atoms with Gasteiger partial charge >= 0.3 is 5.97 Å². The summed E-state index contributed by atoms with van der Waals surface area (Å²) in [5.41, 5.74) is 0. The number of carbonyl (C=O) groups is 3. The Bertz CT molecular complexity index is 245. The molecule has 0 aliphatic heterocycles. The number of ether oxygens (including phenoxy) is 1. The molecule has 0 aliphatic carbocycles. The second-order valence-corrected chi connectivity index (χ2v) is 3.86. The first-order valence-corrected chi connectivity index (χ1v) is 5.73. The second kappa shape index (κ2) is 9.07. The summed E-state index contributed by atoms with van der Waals surface area (Å²) in [5.74, 6) is -0.550. The molecule has 0 fully saturated rings. The lowest BCUT2D eigenvalue weighted by Gasteiger charge is -2.03. The zero-order valence-electron chi connectivity index (χ0n) is 10.1. The normalized spacial score (nSPS) is 9.88. The number of hydrogen-bond acceptors (Lipinski definition) is 4. The third-order valence-corrected chi connectivity index (χ3v) is 2.13. The van der Waals surface area contributed by atoms with Crippen molar-refractivity contribution in [2.24, 2.45) is 0 Å². The van der Waals surface area contributed by atoms with Crippen LogP contribution in [0.5, 0.6) is 0 Å². The average molecular weight is 228 g/mol. The van der Waals surface area contributed by atoms with Crippen LogP contribution in [0.2, 0.25) is 0 Å². The number of hydrogen-bond donors (Lipinski definition) is 0. The first kappa shape index (κ1) is 14.8. The molecule has 0 heterocycles. The van der Waals surface area contributed by atoms with E-state index in [-0.39, 0.29) is 37.0 Å². The van der Waals surface area contributed by atoms with Crippen molar-refractivity contribution in [3.8, 4) is 0 Å². The van der Waals surface area contributed by atoms with Crippen LogP contribution < -0.4 is 0 Å². The van der Waals surface area contributed by atoms with E-state index in [0.29, 0.717) is 6.42 Å². The van der Waals surface area contributed by atoms with Crippen LogP contribution in [0.4, 0.5) is 0 Å². The summed E-state index contributed by atoms with van der Waals surface area (Å²) in [4.78, 5) is 32.9. The highest BCUT2D eigenvalue weighted by Crippen LogP contribution is 2.01. The summed E-state index contributed by atoms with van der Waals surface area (Å²) in [6.07, 6.45) is 3.60. The van der Waals surface area contributed by atoms with Crippen molar-refractivity contribution in [3.63, 3.8) is 0 Å². The molecule has 0 atom stereocenters. The maximum Gasteiger partial charge on any atom is 0.306 e. The molecule has 0 unspecified atom stereocenters. The Hall–Kier alpha value is -1.19. The van der Waals surface area contributed by atoms with E-state index in [1.165, 1.54) is 6.92 Å². The van der Waals surface area contributed by atoms with Crippen molar-refractivity contribution in [3.05, 3.63) is 0 Å². The zero-order chi connectivity index (χ0) is 12.4. The molecule has 0 aromatic carbocycles. The largest absolute Gasteiger partial charge is 0.458 e. The lowest BCUT2D eigenvalue weighted by molar-refractivity contribution is -0.148. The Morgan fingerprint density at radius 2 is 1.69 bits per heavy atom. The van der Waals surface area contributed by atoms with Crippen LogP contribution in [0.25, 0.3) is 0 Å². The number of ketones is 2. The van der Waals surface area contributed by atoms with Crippen LogP contribution in [0.15, 0.2) is 0 Å². The van der Waals surface area contributed by atoms with Crippen molar-refractivity contribution in [1.29, 1.82) is 0 Å². The standard InChI is InChI=1S/C12H20O4/c1-3-4-5-6-12(15)16-9-11(14)8-7-10(2)13/h3-9H2,1-2H3. The minimum absolute atomic E-state index is 0.0253. The summed E-state index contributed by atoms with van der Waals surface area (Å²) in [5, 5.41) is 0. The molecule has 0 aliphatic rings. The summed E-state index contributed by atoms with van der Waals surface area (Å²) in [6, 6.07) is 0. The van der Waals surface area contributed by atoms with E-state index in [0.717, 1.165) is 19.3 Å². The minimum Gasteiger partial charge on any atom is -0.458 e. The molecule has 0 saturated heterocycles. The molecule has 0 N–H and O–H groups in total. The lowest BCUT2D eigenvalue weighted by Crippen LogP contribution is -2.14. The smallest absolute Gasteiger partial charge is 0.306 e. The number of unbranched alkanes of at least 4 members (excludes halogenated alkanes) is 2. The van der Waals surface area contributed by atoms with Gasteiger partial charge in [-0.2, -0.15) is 0 Å². The van der Waals surface area contributed by atoms with E-state index in [2.05, 4.69) is 6.92 Å². The number of esters is 1. The monoisotopic (exact) mass is 228 g/mol. The van der Waals surface area contributed by atoms with Crippen molar-refractivity contribution in [1.82, 2.24) is 0 Å². The molecule has 0 aromatic heterocycles. The van der Waals surface area contributed by atoms with Gasteiger partial charge in [0.2, 0.25) is 0 Å². The zero-order valence-corrected chi connectivity index (χ0v) is 10.1. The Morgan fingerprint density at radius 3 is 2.25 bits per heavy atom. The third-order valence-electron chi connectivity index (χ3n) is 2.13. The van der Waals surface area contributed by atoms with Crippen molar-refractivity contribution < 1.29 is 19.1 Å². The van der Waals surface area contributed by atoms with Gasteiger partial charge < -0.3 is 9.53 Å². The molecule has 0 spiro atoms. The van der Waals surface area contributed by atoms with Gasteiger partial charge in [0, 0.05) is 19.3 Å². The first-order chi connectivity index (χ1) is 7.56. The van der Waals surface area contributed by atoms with E-state index < -0.39 is 0 Å². The summed E-state index contributed by atoms with van der Waals surface area (Å²) in [6.45, 7) is 3.29. The van der Waals surface area contributed by atoms with Crippen LogP contribution in [0.3, 0.4) is 0 Å². The minimum atomic E-state index is -0.329. The summed E-state index contributed by atoms with van der Waals surface area (Å²) >= 11 is 0. The molecule has 0 radical (unpaired) electrons. The van der Waals surface area contributed by atoms with Gasteiger partial charge in [-0.05, 0) is 13.3 Å². The molecular formula is C12H20O4. The first-order valence-electron chi connectivity index (χ1n) is 5.73. The van der Waals surface area contributed by atoms with Crippen molar-refractivity contribution in [2.75, 3.05) is 6.61 Å². The Morgan fingerprint density at radius 1 is 1.00 bits per heavy atom. The van der Waals surface area contributed by atoms with Gasteiger partial charge in [0.25, 0.3) is 0 Å². The van der Waals surface area contributed by atoms with E-state index in [4.69, 9.17) is 4.74 Å². The van der Waals surface area contributed by atoms with Gasteiger partial charge in [0.05, 0.1) is 0 Å². The van der Waals surface area contributed by atoms with Crippen molar-refractivity contribution >= 4 is 17.5 Å². The van der Waals surface area contributed by atoms with Gasteiger partial charge in [0.1, 0.15) is 12.4 Å². The molecule has 0 amide bonds. The molecule has 0 saturated carbocycles. The third kappa shape index (κ3) is 9.37. The van der Waals surface area contributed by atoms with Gasteiger partial charge in [-0.15, -0.1) is 0 Å². The highest BCUT2D eigenvalue weighted by Gasteiger charge is 2.08. The van der Waals surface area contributed by atoms with Crippen LogP contribution in [0.1, 0.15) is 52.4 Å². The molecule has 0 aromatic rings. The number of carbonyl (C=O) groups excluding carboxylic acids is 3. The maximum atomic E-state index is 11.2. The SMILES string of the molecule is CCCCCC(=O)OCC(=O)CCC(C)=O. The van der Waals surface area contributed by atoms with Gasteiger partial charge in [0.15, 0.2) is 5.78 Å². The van der Waals surface area contributed by atoms with E-state index in [1.807, 2.05) is 0 Å². The van der Waals surface area contributed by atoms with E-state index in [1.54, 1.807) is 0 Å². The van der Waals surface area contributed by atoms with Gasteiger partial charge in [-0.3, -0.25) is 9.59 Å². The van der Waals surface area contributed by atoms with Crippen LogP contribution in [-0.4, -0.2) is 24.1 Å². The Kier molecular flexibility index (Phi) is 8.39. The van der Waals surface area contributed by atoms with Gasteiger partial charge in [-0.1, -0.05) is 19.8 Å². The summed E-state index contributed by atoms with van der Waals surface area (Å²) < 4.78 is 4.78. The van der Waals surface area contributed by atoms with Gasteiger partial charge in [-0.25, -0.2) is 0 Å². The topological polar surface area (TPSA) is 60.4 Å². The molecule has 4 heteroatoms. The fourth-order valence-corrected chi connectivity index (χ4v) is 1.14. The highest BCUT2D eigenvalue weighted by atomic mass is 16.5. The molecular weight excluding hydrogens is 208 g/mol. The second-order valence-electron chi connectivity index (χ2n) is 3.86. The lowest BCUT2D eigenvalue weighted by atomic mass is 10.2. The summed E-state index contributed by atoms with van der Waals surface area (Å²) in [7, 11) is 0. The quantitative estimate of drug-likeness (QED) is 0.447. The predicted molar refractivity (Wildman–Crippen MR) is 60.0 cm³/mol. The van der Waals surface area contributed by atoms with Crippen LogP contribution >= 0.6 is 0 Å². The maximum absolute atomic E-state index is 11.2. The molecule has 16 heavy (non-hydrogen) atoms. The van der Waals surface area contributed by atoms with E-state index >= 15 is 0 Å². The molecule has 0 rings (SSSR count). The highest BCUT2D eigenvalue weighted by molar-refractivity contribution is 5.86. The number of Topliss-reactive ketones (excluding diaryl/α,β-unsaturated/α-hetero) is 2. The predicted octanol–water partition coefficient (Wildman–Crippen LogP) is 2.05. The molecule has 4 nitrogen and oxygen atoms in total. The van der Waals surface area contributed by atoms with Crippen LogP contribution in [0, 0.1) is 0 Å². The Labute approximate surface area is 96.4 Å². The molecule has 92 valence electrons. The van der Waals surface area contributed by atoms with E-state index in [9.17, 15) is 14.4 Å². The Balaban J connectivity index is 3.51. The molecule has 0 bridgehead atoms. The fraction of sp³-hybridized carbons (Fsp3) is 0.750. The van der Waals surface area contributed by atoms with Crippen molar-refractivity contribution in [2.45, 2.75) is 52.4 Å².